The number of hydrogen-bond donors (Lipinski definition) is 0. The van der Waals surface area contributed by atoms with Gasteiger partial charge in [0.2, 0.25) is 0 Å². The molecule has 2 aliphatic rings. The minimum absolute atomic E-state index is 0.222. The summed E-state index contributed by atoms with van der Waals surface area (Å²) in [5, 5.41) is 17.5. The van der Waals surface area contributed by atoms with Crippen LogP contribution in [-0.2, 0) is 0 Å². The molecule has 10 nitrogen and oxygen atoms in total. The average molecular weight is 627 g/mol. The van der Waals surface area contributed by atoms with Gasteiger partial charge in [-0.3, -0.25) is 19.2 Å². The molecule has 4 amide bonds. The van der Waals surface area contributed by atoms with Gasteiger partial charge < -0.3 is 0 Å². The third-order valence-electron chi connectivity index (χ3n) is 8.18. The third-order valence-corrected chi connectivity index (χ3v) is 8.18. The molecule has 2 heterocycles. The highest BCUT2D eigenvalue weighted by Crippen LogP contribution is 2.40. The first kappa shape index (κ1) is 28.5. The zero-order valence-corrected chi connectivity index (χ0v) is 25.0. The van der Waals surface area contributed by atoms with E-state index in [9.17, 15) is 19.2 Å². The van der Waals surface area contributed by atoms with E-state index in [4.69, 9.17) is 0 Å². The van der Waals surface area contributed by atoms with Crippen LogP contribution in [0.2, 0.25) is 0 Å². The lowest BCUT2D eigenvalue weighted by Crippen LogP contribution is -2.43. The van der Waals surface area contributed by atoms with Gasteiger partial charge in [0.05, 0.1) is 34.1 Å². The monoisotopic (exact) mass is 626 g/mol. The molecule has 0 saturated carbocycles. The second-order valence-electron chi connectivity index (χ2n) is 11.1. The summed E-state index contributed by atoms with van der Waals surface area (Å²) in [6.45, 7) is 0. The molecule has 0 radical (unpaired) electrons. The minimum atomic E-state index is -0.558. The number of benzene rings is 6. The Kier molecular flexibility index (Phi) is 6.81. The first-order valence-electron chi connectivity index (χ1n) is 15.0. The molecule has 0 saturated heterocycles. The number of carbonyl (C=O) groups is 4. The number of azo groups is 2. The van der Waals surface area contributed by atoms with Crippen LogP contribution in [0.5, 0.6) is 0 Å². The lowest BCUT2D eigenvalue weighted by molar-refractivity contribution is 0.0873. The summed E-state index contributed by atoms with van der Waals surface area (Å²) in [5.74, 6) is -2.23. The lowest BCUT2D eigenvalue weighted by Gasteiger charge is -2.32. The molecule has 0 fully saturated rings. The first-order valence-corrected chi connectivity index (χ1v) is 15.0. The number of nitrogens with zero attached hydrogens (tertiary/aromatic N) is 6. The number of carbonyl (C=O) groups excluding carboxylic acids is 4. The maximum absolute atomic E-state index is 13.8. The van der Waals surface area contributed by atoms with Crippen molar-refractivity contribution < 1.29 is 19.2 Å². The van der Waals surface area contributed by atoms with E-state index in [0.717, 1.165) is 9.80 Å². The Balaban J connectivity index is 1.10. The van der Waals surface area contributed by atoms with Crippen LogP contribution < -0.4 is 9.80 Å². The fourth-order valence-corrected chi connectivity index (χ4v) is 5.90. The van der Waals surface area contributed by atoms with Crippen LogP contribution in [0, 0.1) is 0 Å². The molecule has 0 bridgehead atoms. The van der Waals surface area contributed by atoms with Crippen molar-refractivity contribution in [2.24, 2.45) is 20.5 Å². The Hall–Kier alpha value is -6.94. The van der Waals surface area contributed by atoms with Gasteiger partial charge in [-0.05, 0) is 97.1 Å². The van der Waals surface area contributed by atoms with Crippen molar-refractivity contribution in [3.05, 3.63) is 156 Å². The summed E-state index contributed by atoms with van der Waals surface area (Å²) in [5.41, 5.74) is 4.08. The molecule has 6 aromatic carbocycles. The molecule has 48 heavy (non-hydrogen) atoms. The fraction of sp³-hybridized carbons (Fsp3) is 0. The van der Waals surface area contributed by atoms with Crippen LogP contribution in [0.25, 0.3) is 10.8 Å². The van der Waals surface area contributed by atoms with Gasteiger partial charge in [-0.25, -0.2) is 9.80 Å². The van der Waals surface area contributed by atoms with Crippen molar-refractivity contribution in [3.8, 4) is 0 Å². The number of hydrogen-bond acceptors (Lipinski definition) is 8. The largest absolute Gasteiger partial charge is 0.268 e. The van der Waals surface area contributed by atoms with Crippen LogP contribution >= 0.6 is 0 Å². The van der Waals surface area contributed by atoms with E-state index in [-0.39, 0.29) is 22.3 Å². The third kappa shape index (κ3) is 4.76. The van der Waals surface area contributed by atoms with Crippen molar-refractivity contribution >= 4 is 68.5 Å². The van der Waals surface area contributed by atoms with E-state index in [1.54, 1.807) is 48.5 Å². The van der Waals surface area contributed by atoms with Crippen molar-refractivity contribution in [3.63, 3.8) is 0 Å². The second kappa shape index (κ2) is 11.5. The van der Waals surface area contributed by atoms with E-state index in [0.29, 0.717) is 44.9 Å². The Morgan fingerprint density at radius 3 is 0.875 bits per heavy atom. The van der Waals surface area contributed by atoms with E-state index in [1.165, 1.54) is 24.3 Å². The zero-order chi connectivity index (χ0) is 32.8. The van der Waals surface area contributed by atoms with Crippen molar-refractivity contribution in [1.82, 2.24) is 0 Å². The molecule has 0 aliphatic carbocycles. The van der Waals surface area contributed by atoms with Crippen LogP contribution in [0.3, 0.4) is 0 Å². The average Bonchev–Trinajstić information content (AvgIpc) is 3.13. The van der Waals surface area contributed by atoms with E-state index < -0.39 is 23.6 Å². The van der Waals surface area contributed by atoms with Gasteiger partial charge in [0.1, 0.15) is 0 Å². The topological polar surface area (TPSA) is 124 Å². The normalized spacial score (nSPS) is 14.2. The van der Waals surface area contributed by atoms with Gasteiger partial charge in [0.15, 0.2) is 0 Å². The smallest absolute Gasteiger partial charge is 0.265 e. The number of anilines is 2. The summed E-state index contributed by atoms with van der Waals surface area (Å²) in [6, 6.07) is 37.9. The molecular formula is C38H22N6O4. The van der Waals surface area contributed by atoms with Gasteiger partial charge in [-0.15, -0.1) is 0 Å². The number of imide groups is 2. The minimum Gasteiger partial charge on any atom is -0.268 e. The summed E-state index contributed by atoms with van der Waals surface area (Å²) >= 11 is 0. The molecule has 2 aliphatic heterocycles. The van der Waals surface area contributed by atoms with Crippen LogP contribution in [-0.4, -0.2) is 23.6 Å². The highest BCUT2D eigenvalue weighted by Gasteiger charge is 2.40. The Morgan fingerprint density at radius 2 is 0.583 bits per heavy atom. The van der Waals surface area contributed by atoms with E-state index >= 15 is 0 Å². The van der Waals surface area contributed by atoms with E-state index in [2.05, 4.69) is 20.5 Å². The van der Waals surface area contributed by atoms with Crippen molar-refractivity contribution in [2.75, 3.05) is 9.80 Å². The van der Waals surface area contributed by atoms with Gasteiger partial charge in [-0.2, -0.15) is 20.5 Å². The Bertz CT molecular complexity index is 2120. The van der Waals surface area contributed by atoms with E-state index in [1.807, 2.05) is 60.7 Å². The SMILES string of the molecule is O=C1c2ccc3c4c(ccc(c24)C(=O)N1c1ccc(N=Nc2ccccc2)cc1)C(=O)N(c1ccc(N=Nc2ccccc2)cc1)C3=O. The summed E-state index contributed by atoms with van der Waals surface area (Å²) in [4.78, 5) is 57.5. The van der Waals surface area contributed by atoms with Gasteiger partial charge in [0.25, 0.3) is 23.6 Å². The predicted molar refractivity (Wildman–Crippen MR) is 180 cm³/mol. The second-order valence-corrected chi connectivity index (χ2v) is 11.1. The predicted octanol–water partition coefficient (Wildman–Crippen LogP) is 9.27. The molecule has 0 aromatic heterocycles. The van der Waals surface area contributed by atoms with Gasteiger partial charge >= 0.3 is 0 Å². The molecule has 8 rings (SSSR count). The molecule has 0 unspecified atom stereocenters. The summed E-state index contributed by atoms with van der Waals surface area (Å²) in [6.07, 6.45) is 0. The summed E-state index contributed by atoms with van der Waals surface area (Å²) < 4.78 is 0. The van der Waals surface area contributed by atoms with Crippen LogP contribution in [0.1, 0.15) is 41.4 Å². The quantitative estimate of drug-likeness (QED) is 0.135. The van der Waals surface area contributed by atoms with Crippen molar-refractivity contribution in [1.29, 1.82) is 0 Å². The fourth-order valence-electron chi connectivity index (χ4n) is 5.90. The first-order chi connectivity index (χ1) is 23.5. The molecule has 0 N–H and O–H groups in total. The standard InChI is InChI=1S/C38H22N6O4/c45-35-29-19-21-31-34-32(38(48)44(37(31)47)28-17-13-26(14-18-28)42-40-24-9-5-2-6-10-24)22-20-30(33(29)34)36(46)43(35)27-15-11-25(12-16-27)41-39-23-7-3-1-4-8-23/h1-22H. The Morgan fingerprint density at radius 1 is 0.312 bits per heavy atom. The molecule has 10 heteroatoms. The maximum atomic E-state index is 13.8. The zero-order valence-electron chi connectivity index (χ0n) is 25.0. The Labute approximate surface area is 273 Å². The van der Waals surface area contributed by atoms with Crippen LogP contribution in [0.4, 0.5) is 34.1 Å². The highest BCUT2D eigenvalue weighted by atomic mass is 16.2. The van der Waals surface area contributed by atoms with Crippen LogP contribution in [0.15, 0.2) is 154 Å². The molecular weight excluding hydrogens is 604 g/mol. The van der Waals surface area contributed by atoms with Crippen molar-refractivity contribution in [2.45, 2.75) is 0 Å². The number of amides is 4. The molecule has 228 valence electrons. The molecule has 0 spiro atoms. The number of rotatable bonds is 6. The van der Waals surface area contributed by atoms with Gasteiger partial charge in [0, 0.05) is 33.0 Å². The highest BCUT2D eigenvalue weighted by molar-refractivity contribution is 6.42. The summed E-state index contributed by atoms with van der Waals surface area (Å²) in [7, 11) is 0. The van der Waals surface area contributed by atoms with Gasteiger partial charge in [-0.1, -0.05) is 36.4 Å². The molecule has 6 aromatic rings. The maximum Gasteiger partial charge on any atom is 0.265 e. The lowest BCUT2D eigenvalue weighted by atomic mass is 9.85. The molecule has 0 atom stereocenters.